The first-order chi connectivity index (χ1) is 47.8. The molecule has 21 nitrogen and oxygen atoms in total. The SMILES string of the molecule is CCCCCCCCCCCCCCCCOP(=O)(CCCN[C@@H](CCC(=O)NCCCN(CCCCN(CCCNC(=O)OC(C)(C)C)C(=O)OC(C)(C)C)C(=O)OC(C)(C)C)C(=O)NCCCn1cnc2c(N)nc3ccccc3c21)OCCCCCCCCCCCCCCCC. The molecule has 0 saturated carbocycles. The number of amides is 5. The molecular weight excluding hydrogens is 1280 g/mol. The van der Waals surface area contributed by atoms with Gasteiger partial charge in [0, 0.05) is 64.2 Å². The topological polar surface area (TPSA) is 260 Å². The van der Waals surface area contributed by atoms with Crippen molar-refractivity contribution in [3.63, 3.8) is 0 Å². The number of aromatic nitrogens is 3. The van der Waals surface area contributed by atoms with Crippen LogP contribution in [0.3, 0.4) is 0 Å². The van der Waals surface area contributed by atoms with Gasteiger partial charge in [0.25, 0.3) is 0 Å². The average Bonchev–Trinajstić information content (AvgIpc) is 1.58. The number of nitrogens with one attached hydrogen (secondary N) is 4. The number of imidazole rings is 1. The van der Waals surface area contributed by atoms with Gasteiger partial charge in [-0.3, -0.25) is 14.2 Å². The molecule has 5 amide bonds. The minimum absolute atomic E-state index is 0.0543. The number of alkyl carbamates (subject to hydrolysis) is 1. The standard InChI is InChI=1S/C78H141N10O11P/c1-12-14-16-18-20-22-24-26-28-30-32-34-36-42-61-95-100(94,96-62-43-37-35-33-31-29-27-25-23-21-19-17-15-13-2)63-47-55-80-67(72(90)82-53-45-60-88-64-84-69-70(88)65-48-38-39-49-66(65)85-71(69)79)50-51-68(89)81-52-44-58-86(74(92)98-77(6,7)8)56-40-41-57-87(75(93)99-78(9,10)11)59-46-54-83-73(91)97-76(3,4)5/h38-39,48-49,64,67,80H,12-37,40-47,50-63H2,1-11H3,(H2,79,85)(H,81,89)(H,82,90)(H,83,91)/t67-/m0/s1. The van der Waals surface area contributed by atoms with Crippen LogP contribution in [0.5, 0.6) is 0 Å². The summed E-state index contributed by atoms with van der Waals surface area (Å²) in [5.41, 5.74) is 6.55. The first-order valence-electron chi connectivity index (χ1n) is 39.4. The molecule has 2 heterocycles. The Morgan fingerprint density at radius 2 is 0.950 bits per heavy atom. The van der Waals surface area contributed by atoms with Crippen molar-refractivity contribution < 1.29 is 51.8 Å². The van der Waals surface area contributed by atoms with E-state index in [4.69, 9.17) is 29.0 Å². The van der Waals surface area contributed by atoms with Crippen LogP contribution in [0, 0.1) is 0 Å². The summed E-state index contributed by atoms with van der Waals surface area (Å²) in [4.78, 5) is 79.3. The summed E-state index contributed by atoms with van der Waals surface area (Å²) < 4.78 is 45.9. The lowest BCUT2D eigenvalue weighted by Crippen LogP contribution is -2.45. The maximum absolute atomic E-state index is 14.5. The summed E-state index contributed by atoms with van der Waals surface area (Å²) in [7, 11) is -3.45. The Hall–Kier alpha value is -5.24. The molecule has 0 radical (unpaired) electrons. The van der Waals surface area contributed by atoms with Crippen LogP contribution in [-0.4, -0.2) is 149 Å². The van der Waals surface area contributed by atoms with Gasteiger partial charge in [0.05, 0.1) is 42.8 Å². The Morgan fingerprint density at radius 1 is 0.520 bits per heavy atom. The Labute approximate surface area is 604 Å². The lowest BCUT2D eigenvalue weighted by Gasteiger charge is -2.29. The minimum Gasteiger partial charge on any atom is -0.444 e. The van der Waals surface area contributed by atoms with Crippen LogP contribution in [0.15, 0.2) is 30.6 Å². The maximum atomic E-state index is 14.5. The number of pyridine rings is 1. The van der Waals surface area contributed by atoms with Crippen molar-refractivity contribution in [2.24, 2.45) is 0 Å². The lowest BCUT2D eigenvalue weighted by molar-refractivity contribution is -0.124. The number of anilines is 1. The fourth-order valence-electron chi connectivity index (χ4n) is 12.1. The van der Waals surface area contributed by atoms with Gasteiger partial charge in [0.1, 0.15) is 22.3 Å². The Morgan fingerprint density at radius 3 is 1.42 bits per heavy atom. The van der Waals surface area contributed by atoms with Crippen LogP contribution < -0.4 is 27.0 Å². The van der Waals surface area contributed by atoms with E-state index in [1.807, 2.05) is 70.4 Å². The summed E-state index contributed by atoms with van der Waals surface area (Å²) in [5, 5.41) is 13.2. The van der Waals surface area contributed by atoms with Crippen LogP contribution in [0.4, 0.5) is 20.2 Å². The number of aryl methyl sites for hydroxylation is 1. The van der Waals surface area contributed by atoms with Crippen LogP contribution in [0.1, 0.15) is 307 Å². The molecular formula is C78H141N10O11P. The average molecular weight is 1430 g/mol. The third-order valence-corrected chi connectivity index (χ3v) is 19.5. The number of hydrogen-bond donors (Lipinski definition) is 5. The van der Waals surface area contributed by atoms with Crippen LogP contribution in [0.2, 0.25) is 0 Å². The minimum atomic E-state index is -3.45. The zero-order valence-electron chi connectivity index (χ0n) is 64.7. The normalized spacial score (nSPS) is 12.4. The lowest BCUT2D eigenvalue weighted by atomic mass is 10.0. The summed E-state index contributed by atoms with van der Waals surface area (Å²) in [6.45, 7) is 24.8. The molecule has 1 atom stereocenters. The van der Waals surface area contributed by atoms with Crippen molar-refractivity contribution in [3.05, 3.63) is 30.6 Å². The molecule has 0 unspecified atom stereocenters. The third-order valence-electron chi connectivity index (χ3n) is 17.5. The zero-order valence-corrected chi connectivity index (χ0v) is 65.6. The molecule has 0 spiro atoms. The van der Waals surface area contributed by atoms with E-state index in [0.717, 1.165) is 54.9 Å². The highest BCUT2D eigenvalue weighted by atomic mass is 31.2. The van der Waals surface area contributed by atoms with Crippen LogP contribution >= 0.6 is 7.60 Å². The molecule has 0 aliphatic carbocycles. The van der Waals surface area contributed by atoms with Crippen LogP contribution in [-0.2, 0) is 44.0 Å². The number of benzene rings is 1. The van der Waals surface area contributed by atoms with Crippen molar-refractivity contribution in [3.8, 4) is 0 Å². The molecule has 0 aliphatic rings. The van der Waals surface area contributed by atoms with E-state index in [-0.39, 0.29) is 37.4 Å². The number of nitrogens with two attached hydrogens (primary N) is 1. The van der Waals surface area contributed by atoms with Gasteiger partial charge in [-0.25, -0.2) is 24.4 Å². The largest absolute Gasteiger partial charge is 0.444 e. The predicted octanol–water partition coefficient (Wildman–Crippen LogP) is 18.7. The number of carbonyl (C=O) groups is 5. The van der Waals surface area contributed by atoms with Gasteiger partial charge in [-0.1, -0.05) is 199 Å². The van der Waals surface area contributed by atoms with Gasteiger partial charge in [-0.05, 0) is 133 Å². The second-order valence-electron chi connectivity index (χ2n) is 30.5. The van der Waals surface area contributed by atoms with E-state index in [1.165, 1.54) is 141 Å². The number of ether oxygens (including phenoxy) is 3. The monoisotopic (exact) mass is 1430 g/mol. The molecule has 3 aromatic rings. The summed E-state index contributed by atoms with van der Waals surface area (Å²) >= 11 is 0. The van der Waals surface area contributed by atoms with Gasteiger partial charge in [0.2, 0.25) is 11.8 Å². The first-order valence-corrected chi connectivity index (χ1v) is 41.1. The predicted molar refractivity (Wildman–Crippen MR) is 409 cm³/mol. The fourth-order valence-corrected chi connectivity index (χ4v) is 13.8. The molecule has 6 N–H and O–H groups in total. The van der Waals surface area contributed by atoms with Crippen molar-refractivity contribution in [1.29, 1.82) is 0 Å². The fraction of sp³-hybridized carbons (Fsp3) is 0.808. The Balaban J connectivity index is 1.63. The van der Waals surface area contributed by atoms with E-state index in [9.17, 15) is 28.5 Å². The number of carbonyl (C=O) groups excluding carboxylic acids is 5. The summed E-state index contributed by atoms with van der Waals surface area (Å²) in [6.07, 6.45) is 38.8. The van der Waals surface area contributed by atoms with Crippen molar-refractivity contribution in [2.75, 3.05) is 77.5 Å². The second kappa shape index (κ2) is 51.8. The van der Waals surface area contributed by atoms with Gasteiger partial charge in [-0.2, -0.15) is 0 Å². The quantitative estimate of drug-likeness (QED) is 0.0200. The molecule has 3 rings (SSSR count). The number of nitrogen functional groups attached to an aromatic ring is 1. The number of hydrogen-bond acceptors (Lipinski definition) is 15. The maximum Gasteiger partial charge on any atom is 0.410 e. The second-order valence-corrected chi connectivity index (χ2v) is 32.7. The Kier molecular flexibility index (Phi) is 46.1. The first kappa shape index (κ1) is 89.0. The molecule has 2 aromatic heterocycles. The molecule has 22 heteroatoms. The van der Waals surface area contributed by atoms with E-state index in [0.29, 0.717) is 115 Å². The number of para-hydroxylation sites is 1. The highest BCUT2D eigenvalue weighted by Crippen LogP contribution is 2.49. The zero-order chi connectivity index (χ0) is 73.3. The molecule has 574 valence electrons. The molecule has 1 aromatic carbocycles. The van der Waals surface area contributed by atoms with E-state index in [1.54, 1.807) is 36.9 Å². The third kappa shape index (κ3) is 43.0. The van der Waals surface area contributed by atoms with Crippen molar-refractivity contribution in [2.45, 2.75) is 337 Å². The smallest absolute Gasteiger partial charge is 0.410 e. The van der Waals surface area contributed by atoms with Gasteiger partial charge in [-0.15, -0.1) is 0 Å². The molecule has 0 bridgehead atoms. The number of rotatable bonds is 58. The molecule has 0 fully saturated rings. The highest BCUT2D eigenvalue weighted by molar-refractivity contribution is 7.53. The molecule has 0 aliphatic heterocycles. The summed E-state index contributed by atoms with van der Waals surface area (Å²) in [6, 6.07) is 7.09. The Bertz CT molecular complexity index is 2710. The molecule has 0 saturated heterocycles. The summed E-state index contributed by atoms with van der Waals surface area (Å²) in [5.74, 6) is -0.121. The number of nitrogens with zero attached hydrogens (tertiary/aromatic N) is 5. The highest BCUT2D eigenvalue weighted by Gasteiger charge is 2.28. The number of fused-ring (bicyclic) bond motifs is 3. The van der Waals surface area contributed by atoms with Crippen LogP contribution in [0.25, 0.3) is 21.9 Å². The van der Waals surface area contributed by atoms with Crippen molar-refractivity contribution >= 4 is 65.4 Å². The van der Waals surface area contributed by atoms with Gasteiger partial charge in [0.15, 0.2) is 5.82 Å². The number of unbranched alkanes of at least 4 members (excludes halogenated alkanes) is 27. The van der Waals surface area contributed by atoms with Gasteiger partial charge >= 0.3 is 25.9 Å². The van der Waals surface area contributed by atoms with E-state index in [2.05, 4.69) is 45.1 Å². The van der Waals surface area contributed by atoms with Crippen molar-refractivity contribution in [1.82, 2.24) is 45.6 Å². The van der Waals surface area contributed by atoms with Gasteiger partial charge < -0.3 is 64.6 Å². The molecule has 100 heavy (non-hydrogen) atoms. The van der Waals surface area contributed by atoms with E-state index < -0.39 is 48.7 Å². The van der Waals surface area contributed by atoms with E-state index >= 15 is 0 Å².